The number of urea groups is 2. The summed E-state index contributed by atoms with van der Waals surface area (Å²) >= 11 is 0. The Morgan fingerprint density at radius 3 is 1.95 bits per heavy atom. The van der Waals surface area contributed by atoms with Crippen molar-refractivity contribution in [2.75, 3.05) is 78.8 Å². The highest BCUT2D eigenvalue weighted by molar-refractivity contribution is 5.93. The monoisotopic (exact) mass is 872 g/mol. The number of ether oxygens (including phenoxy) is 2. The normalized spacial score (nSPS) is 17.1. The zero-order chi connectivity index (χ0) is 45.1. The van der Waals surface area contributed by atoms with Gasteiger partial charge in [0.15, 0.2) is 0 Å². The molecule has 16 heteroatoms. The van der Waals surface area contributed by atoms with Crippen molar-refractivity contribution in [1.82, 2.24) is 41.4 Å². The predicted octanol–water partition coefficient (Wildman–Crippen LogP) is 3.21. The van der Waals surface area contributed by atoms with Gasteiger partial charge >= 0.3 is 12.1 Å². The van der Waals surface area contributed by atoms with E-state index < -0.39 is 47.1 Å². The third-order valence-electron chi connectivity index (χ3n) is 12.0. The number of rotatable bonds is 22. The number of unbranched alkanes of at least 4 members (excludes halogenated alkanes) is 2. The van der Waals surface area contributed by atoms with Gasteiger partial charge in [-0.2, -0.15) is 0 Å². The fourth-order valence-electron chi connectivity index (χ4n) is 8.26. The summed E-state index contributed by atoms with van der Waals surface area (Å²) in [6, 6.07) is 24.8. The smallest absolute Gasteiger partial charge is 0.320 e. The van der Waals surface area contributed by atoms with Crippen LogP contribution in [0.2, 0.25) is 0 Å². The van der Waals surface area contributed by atoms with E-state index in [2.05, 4.69) is 48.6 Å². The number of carbonyl (C=O) groups excluding carboxylic acids is 4. The summed E-state index contributed by atoms with van der Waals surface area (Å²) < 4.78 is 10.9. The Bertz CT molecular complexity index is 1880. The number of nitrogens with zero attached hydrogens (tertiary/aromatic N) is 3. The quantitative estimate of drug-likeness (QED) is 0.0259. The van der Waals surface area contributed by atoms with Crippen LogP contribution in [0.5, 0.6) is 0 Å². The van der Waals surface area contributed by atoms with Crippen LogP contribution in [-0.4, -0.2) is 140 Å². The third kappa shape index (κ3) is 13.9. The summed E-state index contributed by atoms with van der Waals surface area (Å²) in [6.45, 7) is 12.0. The molecule has 0 aromatic heterocycles. The van der Waals surface area contributed by atoms with Gasteiger partial charge in [0.05, 0.1) is 38.5 Å². The molecule has 2 aliphatic rings. The van der Waals surface area contributed by atoms with Crippen LogP contribution in [-0.2, 0) is 32.0 Å². The number of morpholine rings is 2. The van der Waals surface area contributed by atoms with Gasteiger partial charge in [-0.3, -0.25) is 29.7 Å². The summed E-state index contributed by atoms with van der Waals surface area (Å²) in [6.07, 6.45) is 2.81. The lowest BCUT2D eigenvalue weighted by molar-refractivity contribution is -0.181. The Kier molecular flexibility index (Phi) is 19.2. The summed E-state index contributed by atoms with van der Waals surface area (Å²) in [5.74, 6) is 3.79. The first-order valence-corrected chi connectivity index (χ1v) is 22.4. The Labute approximate surface area is 372 Å². The van der Waals surface area contributed by atoms with E-state index in [9.17, 15) is 24.3 Å². The SMILES string of the molecule is CC(C)[C@H](NC(=O)NCCN1CCOCC1)C(=O)N[C@@](C)(CCCCCc1ccccc1)[C@](O)(C(=O)NN)N(Cc1ccccc1-c1ccccc1)C(=O)NCCN1CCOCC1. The number of benzene rings is 3. The predicted molar refractivity (Wildman–Crippen MR) is 243 cm³/mol. The standard InChI is InChI=1S/C47H69N9O7/c1-36(2)41(51-44(59)49-23-25-54-27-31-62-32-28-54)42(57)52-46(3,22-14-6-9-17-37-15-7-4-8-16-37)47(61,43(58)53-48)56(45(60)50-24-26-55-29-33-63-34-30-55)35-39-20-12-13-21-40(39)38-18-10-5-11-19-38/h4-5,7-8,10-13,15-16,18-21,36,41,61H,6,9,14,17,22-35,48H2,1-3H3,(H,50,60)(H,52,57)(H,53,58)(H2,49,51,59)/t41-,46-,47+/m0/s1. The molecule has 3 atom stereocenters. The van der Waals surface area contributed by atoms with Crippen LogP contribution in [0.4, 0.5) is 9.59 Å². The summed E-state index contributed by atoms with van der Waals surface area (Å²) in [5, 5.41) is 25.0. The van der Waals surface area contributed by atoms with E-state index in [-0.39, 0.29) is 19.5 Å². The Morgan fingerprint density at radius 1 is 0.778 bits per heavy atom. The summed E-state index contributed by atoms with van der Waals surface area (Å²) in [4.78, 5) is 62.7. The molecule has 5 rings (SSSR count). The second-order valence-electron chi connectivity index (χ2n) is 16.9. The maximum atomic E-state index is 14.8. The number of nitrogens with two attached hydrogens (primary N) is 1. The Morgan fingerprint density at radius 2 is 1.35 bits per heavy atom. The minimum Gasteiger partial charge on any atom is -0.379 e. The van der Waals surface area contributed by atoms with Crippen LogP contribution < -0.4 is 32.5 Å². The minimum atomic E-state index is -2.77. The van der Waals surface area contributed by atoms with E-state index in [1.807, 2.05) is 72.8 Å². The molecule has 0 saturated carbocycles. The van der Waals surface area contributed by atoms with Crippen molar-refractivity contribution in [2.24, 2.45) is 11.8 Å². The number of aliphatic hydroxyl groups is 1. The maximum Gasteiger partial charge on any atom is 0.320 e. The van der Waals surface area contributed by atoms with E-state index in [1.165, 1.54) is 5.56 Å². The first-order valence-electron chi connectivity index (χ1n) is 22.4. The van der Waals surface area contributed by atoms with Crippen molar-refractivity contribution >= 4 is 23.9 Å². The van der Waals surface area contributed by atoms with Gasteiger partial charge in [-0.15, -0.1) is 0 Å². The molecule has 0 spiro atoms. The molecular formula is C47H69N9O7. The molecule has 3 aromatic rings. The lowest BCUT2D eigenvalue weighted by atomic mass is 9.80. The third-order valence-corrected chi connectivity index (χ3v) is 12.0. The van der Waals surface area contributed by atoms with Crippen LogP contribution in [0.25, 0.3) is 11.1 Å². The minimum absolute atomic E-state index is 0.0614. The molecule has 2 aliphatic heterocycles. The molecule has 0 bridgehead atoms. The fraction of sp³-hybridized carbons (Fsp3) is 0.532. The molecule has 63 heavy (non-hydrogen) atoms. The van der Waals surface area contributed by atoms with Gasteiger partial charge in [0.2, 0.25) is 11.6 Å². The molecule has 8 N–H and O–H groups in total. The van der Waals surface area contributed by atoms with E-state index in [0.717, 1.165) is 42.0 Å². The molecule has 0 aliphatic carbocycles. The average Bonchev–Trinajstić information content (AvgIpc) is 3.30. The molecule has 2 fully saturated rings. The number of hydrogen-bond acceptors (Lipinski definition) is 10. The molecule has 3 aromatic carbocycles. The Hall–Kier alpha value is -5.10. The maximum absolute atomic E-state index is 14.8. The number of hydrogen-bond donors (Lipinski definition) is 7. The van der Waals surface area contributed by atoms with Gasteiger partial charge < -0.3 is 35.8 Å². The van der Waals surface area contributed by atoms with Crippen molar-refractivity contribution in [3.63, 3.8) is 0 Å². The van der Waals surface area contributed by atoms with E-state index >= 15 is 0 Å². The second kappa shape index (κ2) is 24.7. The van der Waals surface area contributed by atoms with E-state index in [4.69, 9.17) is 15.3 Å². The number of carbonyl (C=O) groups is 4. The summed E-state index contributed by atoms with van der Waals surface area (Å²) in [5.41, 5.74) is 0.992. The van der Waals surface area contributed by atoms with Crippen molar-refractivity contribution in [1.29, 1.82) is 0 Å². The average molecular weight is 872 g/mol. The van der Waals surface area contributed by atoms with Crippen LogP contribution in [0.15, 0.2) is 84.9 Å². The molecule has 6 amide bonds. The van der Waals surface area contributed by atoms with Crippen LogP contribution in [0, 0.1) is 5.92 Å². The van der Waals surface area contributed by atoms with Crippen molar-refractivity contribution in [3.8, 4) is 11.1 Å². The Balaban J connectivity index is 1.48. The highest BCUT2D eigenvalue weighted by atomic mass is 16.5. The van der Waals surface area contributed by atoms with Crippen LogP contribution in [0.3, 0.4) is 0 Å². The van der Waals surface area contributed by atoms with Gasteiger partial charge in [0.25, 0.3) is 5.91 Å². The number of hydrazine groups is 1. The first-order chi connectivity index (χ1) is 30.4. The van der Waals surface area contributed by atoms with Gasteiger partial charge in [0, 0.05) is 52.4 Å². The molecule has 2 heterocycles. The lowest BCUT2D eigenvalue weighted by Gasteiger charge is -2.50. The van der Waals surface area contributed by atoms with Crippen molar-refractivity contribution in [3.05, 3.63) is 96.1 Å². The van der Waals surface area contributed by atoms with Gasteiger partial charge in [-0.1, -0.05) is 112 Å². The second-order valence-corrected chi connectivity index (χ2v) is 16.9. The highest BCUT2D eigenvalue weighted by Gasteiger charge is 2.59. The van der Waals surface area contributed by atoms with Crippen LogP contribution >= 0.6 is 0 Å². The van der Waals surface area contributed by atoms with Crippen LogP contribution in [0.1, 0.15) is 57.6 Å². The molecule has 0 radical (unpaired) electrons. The lowest BCUT2D eigenvalue weighted by Crippen LogP contribution is -2.78. The number of amides is 6. The van der Waals surface area contributed by atoms with E-state index in [1.54, 1.807) is 20.8 Å². The van der Waals surface area contributed by atoms with Crippen molar-refractivity contribution < 1.29 is 33.8 Å². The molecule has 0 unspecified atom stereocenters. The molecular weight excluding hydrogens is 803 g/mol. The first kappa shape index (κ1) is 48.9. The zero-order valence-electron chi connectivity index (χ0n) is 37.3. The fourth-order valence-corrected chi connectivity index (χ4v) is 8.26. The molecule has 16 nitrogen and oxygen atoms in total. The van der Waals surface area contributed by atoms with Gasteiger partial charge in [-0.25, -0.2) is 15.4 Å². The van der Waals surface area contributed by atoms with Gasteiger partial charge in [-0.05, 0) is 54.4 Å². The van der Waals surface area contributed by atoms with Gasteiger partial charge in [0.1, 0.15) is 6.04 Å². The largest absolute Gasteiger partial charge is 0.379 e. The number of nitrogens with one attached hydrogen (secondary N) is 5. The molecule has 344 valence electrons. The highest BCUT2D eigenvalue weighted by Crippen LogP contribution is 2.36. The topological polar surface area (TPSA) is 203 Å². The van der Waals surface area contributed by atoms with Crippen molar-refractivity contribution in [2.45, 2.75) is 76.7 Å². The number of aryl methyl sites for hydroxylation is 1. The van der Waals surface area contributed by atoms with E-state index in [0.29, 0.717) is 77.6 Å². The molecule has 2 saturated heterocycles. The summed E-state index contributed by atoms with van der Waals surface area (Å²) in [7, 11) is 0. The zero-order valence-corrected chi connectivity index (χ0v) is 37.3.